The van der Waals surface area contributed by atoms with Gasteiger partial charge in [-0.2, -0.15) is 0 Å². The maximum absolute atomic E-state index is 3.29. The van der Waals surface area contributed by atoms with E-state index in [0.29, 0.717) is 6.04 Å². The van der Waals surface area contributed by atoms with Crippen molar-refractivity contribution >= 4 is 0 Å². The van der Waals surface area contributed by atoms with Crippen molar-refractivity contribution in [2.75, 3.05) is 7.05 Å². The molecule has 1 heteroatoms. The van der Waals surface area contributed by atoms with Gasteiger partial charge in [0.05, 0.1) is 0 Å². The minimum absolute atomic E-state index is 0.543. The second kappa shape index (κ2) is 5.43. The topological polar surface area (TPSA) is 12.0 Å². The lowest BCUT2D eigenvalue weighted by molar-refractivity contribution is 0.416. The predicted molar refractivity (Wildman–Crippen MR) is 58.9 cm³/mol. The largest absolute Gasteiger partial charge is 0.314 e. The van der Waals surface area contributed by atoms with Crippen molar-refractivity contribution in [2.45, 2.75) is 52.0 Å². The molecular formula is C12H23N. The molecule has 1 saturated carbocycles. The fourth-order valence-electron chi connectivity index (χ4n) is 2.04. The number of hydrogen-bond donors (Lipinski definition) is 1. The molecule has 1 aliphatic carbocycles. The third kappa shape index (κ3) is 3.51. The van der Waals surface area contributed by atoms with E-state index in [4.69, 9.17) is 0 Å². The van der Waals surface area contributed by atoms with Gasteiger partial charge >= 0.3 is 0 Å². The van der Waals surface area contributed by atoms with Gasteiger partial charge < -0.3 is 5.32 Å². The summed E-state index contributed by atoms with van der Waals surface area (Å²) in [5.41, 5.74) is 1.51. The van der Waals surface area contributed by atoms with E-state index in [-0.39, 0.29) is 0 Å². The normalized spacial score (nSPS) is 23.2. The molecule has 0 aromatic rings. The summed E-state index contributed by atoms with van der Waals surface area (Å²) in [6, 6.07) is 0.543. The monoisotopic (exact) mass is 181 g/mol. The fraction of sp³-hybridized carbons (Fsp3) is 0.833. The van der Waals surface area contributed by atoms with Gasteiger partial charge in [0.2, 0.25) is 0 Å². The Morgan fingerprint density at radius 1 is 1.31 bits per heavy atom. The average Bonchev–Trinajstić information content (AvgIpc) is 2.18. The summed E-state index contributed by atoms with van der Waals surface area (Å²) < 4.78 is 0. The van der Waals surface area contributed by atoms with Crippen molar-refractivity contribution in [3.05, 3.63) is 11.6 Å². The predicted octanol–water partition coefficient (Wildman–Crippen LogP) is 3.12. The lowest BCUT2D eigenvalue weighted by atomic mass is 9.87. The van der Waals surface area contributed by atoms with Crippen molar-refractivity contribution in [2.24, 2.45) is 5.92 Å². The van der Waals surface area contributed by atoms with E-state index in [0.717, 1.165) is 5.92 Å². The minimum Gasteiger partial charge on any atom is -0.314 e. The Morgan fingerprint density at radius 3 is 2.46 bits per heavy atom. The first kappa shape index (κ1) is 10.8. The van der Waals surface area contributed by atoms with Crippen molar-refractivity contribution in [1.29, 1.82) is 0 Å². The molecule has 0 saturated heterocycles. The molecule has 1 nitrogen and oxygen atoms in total. The standard InChI is InChI=1S/C12H23N/c1-10(11(2)13-3)9-12-7-5-4-6-8-12/h9,11-13H,4-8H2,1-3H3. The third-order valence-electron chi connectivity index (χ3n) is 3.26. The lowest BCUT2D eigenvalue weighted by Gasteiger charge is -2.20. The number of likely N-dealkylation sites (N-methyl/N-ethyl adjacent to an activating group) is 1. The zero-order valence-corrected chi connectivity index (χ0v) is 9.27. The van der Waals surface area contributed by atoms with Crippen LogP contribution in [-0.2, 0) is 0 Å². The molecular weight excluding hydrogens is 158 g/mol. The first-order chi connectivity index (χ1) is 6.24. The Hall–Kier alpha value is -0.300. The number of allylic oxidation sites excluding steroid dienone is 1. The Labute approximate surface area is 82.6 Å². The van der Waals surface area contributed by atoms with Crippen LogP contribution in [0.15, 0.2) is 11.6 Å². The molecule has 1 atom stereocenters. The van der Waals surface area contributed by atoms with Crippen molar-refractivity contribution in [1.82, 2.24) is 5.32 Å². The van der Waals surface area contributed by atoms with Crippen LogP contribution in [0.25, 0.3) is 0 Å². The Kier molecular flexibility index (Phi) is 4.51. The highest BCUT2D eigenvalue weighted by atomic mass is 14.9. The van der Waals surface area contributed by atoms with Gasteiger partial charge in [-0.05, 0) is 39.7 Å². The molecule has 1 fully saturated rings. The molecule has 76 valence electrons. The molecule has 0 aromatic heterocycles. The molecule has 0 spiro atoms. The zero-order chi connectivity index (χ0) is 9.68. The van der Waals surface area contributed by atoms with Crippen molar-refractivity contribution in [3.8, 4) is 0 Å². The van der Waals surface area contributed by atoms with E-state index in [1.807, 2.05) is 7.05 Å². The first-order valence-corrected chi connectivity index (χ1v) is 5.59. The van der Waals surface area contributed by atoms with E-state index in [1.54, 1.807) is 0 Å². The number of rotatable bonds is 3. The summed E-state index contributed by atoms with van der Waals surface area (Å²) in [5.74, 6) is 0.865. The quantitative estimate of drug-likeness (QED) is 0.660. The zero-order valence-electron chi connectivity index (χ0n) is 9.27. The smallest absolute Gasteiger partial charge is 0.0245 e. The molecule has 0 heterocycles. The van der Waals surface area contributed by atoms with E-state index < -0.39 is 0 Å². The highest BCUT2D eigenvalue weighted by Gasteiger charge is 2.11. The molecule has 1 aliphatic rings. The molecule has 0 aliphatic heterocycles. The van der Waals surface area contributed by atoms with E-state index in [2.05, 4.69) is 25.2 Å². The van der Waals surface area contributed by atoms with Crippen LogP contribution in [-0.4, -0.2) is 13.1 Å². The molecule has 0 bridgehead atoms. The van der Waals surface area contributed by atoms with Crippen LogP contribution in [0, 0.1) is 5.92 Å². The van der Waals surface area contributed by atoms with Crippen LogP contribution in [0.1, 0.15) is 46.0 Å². The Balaban J connectivity index is 2.42. The molecule has 0 radical (unpaired) electrons. The highest BCUT2D eigenvalue weighted by Crippen LogP contribution is 2.25. The van der Waals surface area contributed by atoms with Gasteiger partial charge in [0.25, 0.3) is 0 Å². The Morgan fingerprint density at radius 2 is 1.92 bits per heavy atom. The van der Waals surface area contributed by atoms with Crippen LogP contribution in [0.2, 0.25) is 0 Å². The van der Waals surface area contributed by atoms with Crippen LogP contribution in [0.3, 0.4) is 0 Å². The molecule has 1 rings (SSSR count). The number of nitrogens with one attached hydrogen (secondary N) is 1. The summed E-state index contributed by atoms with van der Waals surface area (Å²) in [6.45, 7) is 4.48. The Bertz CT molecular complexity index is 166. The van der Waals surface area contributed by atoms with E-state index >= 15 is 0 Å². The molecule has 0 amide bonds. The van der Waals surface area contributed by atoms with Crippen LogP contribution < -0.4 is 5.32 Å². The molecule has 1 unspecified atom stereocenters. The van der Waals surface area contributed by atoms with Crippen molar-refractivity contribution in [3.63, 3.8) is 0 Å². The van der Waals surface area contributed by atoms with Crippen molar-refractivity contribution < 1.29 is 0 Å². The maximum Gasteiger partial charge on any atom is 0.0245 e. The summed E-state index contributed by atoms with van der Waals surface area (Å²) in [7, 11) is 2.03. The molecule has 13 heavy (non-hydrogen) atoms. The van der Waals surface area contributed by atoms with Crippen LogP contribution in [0.5, 0.6) is 0 Å². The number of hydrogen-bond acceptors (Lipinski definition) is 1. The molecule has 0 aromatic carbocycles. The van der Waals surface area contributed by atoms with Gasteiger partial charge in [0.15, 0.2) is 0 Å². The summed E-state index contributed by atoms with van der Waals surface area (Å²) in [6.07, 6.45) is 9.62. The third-order valence-corrected chi connectivity index (χ3v) is 3.26. The summed E-state index contributed by atoms with van der Waals surface area (Å²) >= 11 is 0. The van der Waals surface area contributed by atoms with Gasteiger partial charge in [0.1, 0.15) is 0 Å². The van der Waals surface area contributed by atoms with Gasteiger partial charge in [-0.1, -0.05) is 30.9 Å². The van der Waals surface area contributed by atoms with Gasteiger partial charge in [-0.3, -0.25) is 0 Å². The second-order valence-electron chi connectivity index (χ2n) is 4.32. The van der Waals surface area contributed by atoms with Crippen LogP contribution >= 0.6 is 0 Å². The summed E-state index contributed by atoms with van der Waals surface area (Å²) in [4.78, 5) is 0. The maximum atomic E-state index is 3.29. The van der Waals surface area contributed by atoms with Gasteiger partial charge in [0, 0.05) is 6.04 Å². The average molecular weight is 181 g/mol. The van der Waals surface area contributed by atoms with E-state index in [9.17, 15) is 0 Å². The fourth-order valence-corrected chi connectivity index (χ4v) is 2.04. The SMILES string of the molecule is CNC(C)C(C)=CC1CCCCC1. The lowest BCUT2D eigenvalue weighted by Crippen LogP contribution is -2.23. The second-order valence-corrected chi connectivity index (χ2v) is 4.32. The van der Waals surface area contributed by atoms with Gasteiger partial charge in [-0.15, -0.1) is 0 Å². The van der Waals surface area contributed by atoms with Crippen LogP contribution in [0.4, 0.5) is 0 Å². The summed E-state index contributed by atoms with van der Waals surface area (Å²) in [5, 5.41) is 3.29. The molecule has 1 N–H and O–H groups in total. The first-order valence-electron chi connectivity index (χ1n) is 5.59. The van der Waals surface area contributed by atoms with E-state index in [1.165, 1.54) is 37.7 Å². The van der Waals surface area contributed by atoms with Gasteiger partial charge in [-0.25, -0.2) is 0 Å². The highest BCUT2D eigenvalue weighted by molar-refractivity contribution is 5.08. The minimum atomic E-state index is 0.543.